The smallest absolute Gasteiger partial charge is 0.297 e. The molecule has 0 saturated heterocycles. The molecule has 2 aromatic carbocycles. The van der Waals surface area contributed by atoms with Crippen LogP contribution in [0.2, 0.25) is 0 Å². The van der Waals surface area contributed by atoms with Gasteiger partial charge in [0.15, 0.2) is 11.4 Å². The van der Waals surface area contributed by atoms with Gasteiger partial charge in [0.2, 0.25) is 0 Å². The number of nitro benzene ring substituents is 1. The second kappa shape index (κ2) is 18.2. The molecule has 0 unspecified atom stereocenters. The number of hydrogen-bond donors (Lipinski definition) is 1. The van der Waals surface area contributed by atoms with Crippen LogP contribution in [0.1, 0.15) is 93.5 Å². The van der Waals surface area contributed by atoms with Crippen LogP contribution >= 0.6 is 11.6 Å². The van der Waals surface area contributed by atoms with E-state index in [4.69, 9.17) is 20.9 Å². The molecular weight excluding hydrogens is 558 g/mol. The molecule has 1 N–H and O–H groups in total. The maximum atomic E-state index is 13.0. The lowest BCUT2D eigenvalue weighted by molar-refractivity contribution is -0.384. The molecule has 0 atom stereocenters. The van der Waals surface area contributed by atoms with Crippen LogP contribution in [0.5, 0.6) is 0 Å². The number of hydrogen-bond acceptors (Lipinski definition) is 6. The molecule has 0 radical (unpaired) electrons. The molecule has 228 valence electrons. The molecule has 1 heterocycles. The molecular formula is C32H42ClN3O6. The third kappa shape index (κ3) is 9.84. The summed E-state index contributed by atoms with van der Waals surface area (Å²) in [6, 6.07) is 12.8. The number of benzene rings is 2. The summed E-state index contributed by atoms with van der Waals surface area (Å²) in [4.78, 5) is 36.9. The summed E-state index contributed by atoms with van der Waals surface area (Å²) in [5, 5.41) is 14.7. The molecule has 0 bridgehead atoms. The van der Waals surface area contributed by atoms with E-state index >= 15 is 0 Å². The van der Waals surface area contributed by atoms with Gasteiger partial charge in [0, 0.05) is 37.0 Å². The van der Waals surface area contributed by atoms with Gasteiger partial charge in [-0.2, -0.15) is 0 Å². The van der Waals surface area contributed by atoms with Crippen molar-refractivity contribution in [1.29, 1.82) is 0 Å². The van der Waals surface area contributed by atoms with E-state index in [0.29, 0.717) is 31.7 Å². The number of aromatic nitrogens is 1. The number of amides is 1. The summed E-state index contributed by atoms with van der Waals surface area (Å²) in [5.41, 5.74) is -0.196. The van der Waals surface area contributed by atoms with Crippen LogP contribution in [0, 0.1) is 10.1 Å². The fourth-order valence-corrected chi connectivity index (χ4v) is 4.99. The third-order valence-corrected chi connectivity index (χ3v) is 7.38. The second-order valence-corrected chi connectivity index (χ2v) is 10.6. The second-order valence-electron chi connectivity index (χ2n) is 10.4. The van der Waals surface area contributed by atoms with Crippen LogP contribution in [0.3, 0.4) is 0 Å². The van der Waals surface area contributed by atoms with Crippen LogP contribution < -0.4 is 10.9 Å². The predicted octanol–water partition coefficient (Wildman–Crippen LogP) is 7.80. The lowest BCUT2D eigenvalue weighted by Gasteiger charge is -2.08. The number of nitro groups is 1. The SMILES string of the molecule is CCCCCCCCCCCCOCCCNC(=O)c1ccc(-n2oc(-c3ccccc3)c(CCl)c2=O)c([N+](=O)[O-])c1. The Labute approximate surface area is 252 Å². The number of carbonyl (C=O) groups excluding carboxylic acids is 1. The fourth-order valence-electron chi connectivity index (χ4n) is 4.75. The average molecular weight is 600 g/mol. The number of halogens is 1. The van der Waals surface area contributed by atoms with Crippen molar-refractivity contribution in [2.75, 3.05) is 19.8 Å². The highest BCUT2D eigenvalue weighted by Crippen LogP contribution is 2.29. The average Bonchev–Trinajstić information content (AvgIpc) is 3.34. The molecule has 0 fully saturated rings. The van der Waals surface area contributed by atoms with Crippen LogP contribution in [-0.2, 0) is 10.6 Å². The first-order valence-electron chi connectivity index (χ1n) is 15.0. The van der Waals surface area contributed by atoms with Crippen LogP contribution in [0.15, 0.2) is 57.8 Å². The van der Waals surface area contributed by atoms with Gasteiger partial charge in [-0.1, -0.05) is 95.0 Å². The first kappa shape index (κ1) is 33.1. The normalized spacial score (nSPS) is 11.1. The van der Waals surface area contributed by atoms with Crippen molar-refractivity contribution in [1.82, 2.24) is 10.1 Å². The molecule has 3 aromatic rings. The molecule has 1 aromatic heterocycles. The molecule has 3 rings (SSSR count). The summed E-state index contributed by atoms with van der Waals surface area (Å²) in [7, 11) is 0. The molecule has 42 heavy (non-hydrogen) atoms. The van der Waals surface area contributed by atoms with E-state index in [1.165, 1.54) is 69.9 Å². The zero-order valence-electron chi connectivity index (χ0n) is 24.4. The summed E-state index contributed by atoms with van der Waals surface area (Å²) < 4.78 is 12.3. The Kier molecular flexibility index (Phi) is 14.3. The van der Waals surface area contributed by atoms with Crippen molar-refractivity contribution < 1.29 is 19.0 Å². The number of nitrogens with zero attached hydrogens (tertiary/aromatic N) is 2. The van der Waals surface area contributed by atoms with Crippen molar-refractivity contribution in [3.63, 3.8) is 0 Å². The first-order chi connectivity index (χ1) is 20.5. The molecule has 0 aliphatic rings. The van der Waals surface area contributed by atoms with Gasteiger partial charge >= 0.3 is 0 Å². The van der Waals surface area contributed by atoms with E-state index in [1.807, 2.05) is 6.07 Å². The largest absolute Gasteiger partial charge is 0.381 e. The van der Waals surface area contributed by atoms with E-state index in [9.17, 15) is 19.7 Å². The van der Waals surface area contributed by atoms with E-state index in [-0.39, 0.29) is 28.5 Å². The molecule has 0 spiro atoms. The Morgan fingerprint density at radius 2 is 1.60 bits per heavy atom. The van der Waals surface area contributed by atoms with Crippen LogP contribution in [0.4, 0.5) is 5.69 Å². The highest BCUT2D eigenvalue weighted by Gasteiger charge is 2.25. The maximum absolute atomic E-state index is 13.0. The Hall–Kier alpha value is -3.43. The van der Waals surface area contributed by atoms with Gasteiger partial charge in [-0.15, -0.1) is 16.3 Å². The van der Waals surface area contributed by atoms with Crippen molar-refractivity contribution in [2.45, 2.75) is 83.4 Å². The number of nitrogens with one attached hydrogen (secondary N) is 1. The van der Waals surface area contributed by atoms with Gasteiger partial charge < -0.3 is 14.6 Å². The minimum absolute atomic E-state index is 0.0875. The lowest BCUT2D eigenvalue weighted by atomic mass is 10.1. The summed E-state index contributed by atoms with van der Waals surface area (Å²) >= 11 is 6.02. The third-order valence-electron chi connectivity index (χ3n) is 7.12. The molecule has 9 nitrogen and oxygen atoms in total. The van der Waals surface area contributed by atoms with Gasteiger partial charge in [0.25, 0.3) is 17.2 Å². The van der Waals surface area contributed by atoms with Gasteiger partial charge in [-0.25, -0.2) is 0 Å². The topological polar surface area (TPSA) is 117 Å². The summed E-state index contributed by atoms with van der Waals surface area (Å²) in [6.45, 7) is 3.86. The molecule has 0 saturated carbocycles. The Bertz CT molecular complexity index is 1320. The highest BCUT2D eigenvalue weighted by molar-refractivity contribution is 6.17. The molecule has 1 amide bonds. The summed E-state index contributed by atoms with van der Waals surface area (Å²) in [5.74, 6) is -0.337. The first-order valence-corrected chi connectivity index (χ1v) is 15.5. The maximum Gasteiger partial charge on any atom is 0.297 e. The minimum atomic E-state index is -0.648. The molecule has 0 aliphatic carbocycles. The number of unbranched alkanes of at least 4 members (excludes halogenated alkanes) is 9. The molecule has 0 aliphatic heterocycles. The van der Waals surface area contributed by atoms with Crippen LogP contribution in [0.25, 0.3) is 17.0 Å². The van der Waals surface area contributed by atoms with Crippen molar-refractivity contribution in [2.24, 2.45) is 0 Å². The zero-order valence-corrected chi connectivity index (χ0v) is 25.2. The van der Waals surface area contributed by atoms with E-state index in [2.05, 4.69) is 12.2 Å². The van der Waals surface area contributed by atoms with Gasteiger partial charge in [-0.3, -0.25) is 19.7 Å². The Balaban J connectivity index is 1.46. The van der Waals surface area contributed by atoms with Gasteiger partial charge in [0.1, 0.15) is 0 Å². The predicted molar refractivity (Wildman–Crippen MR) is 166 cm³/mol. The van der Waals surface area contributed by atoms with E-state index < -0.39 is 22.1 Å². The fraction of sp³-hybridized carbons (Fsp3) is 0.500. The lowest BCUT2D eigenvalue weighted by Crippen LogP contribution is -2.25. The Morgan fingerprint density at radius 3 is 2.24 bits per heavy atom. The van der Waals surface area contributed by atoms with Crippen molar-refractivity contribution >= 4 is 23.2 Å². The van der Waals surface area contributed by atoms with Crippen molar-refractivity contribution in [3.8, 4) is 17.0 Å². The standard InChI is InChI=1S/C32H42ClN3O6/c1-2-3-4-5-6-7-8-9-10-14-21-41-22-15-20-34-31(37)26-18-19-28(29(23-26)36(39)40)35-32(38)27(24-33)30(42-35)25-16-12-11-13-17-25/h11-13,16-19,23H,2-10,14-15,20-22,24H2,1H3,(H,34,37). The molecule has 10 heteroatoms. The Morgan fingerprint density at radius 1 is 0.952 bits per heavy atom. The van der Waals surface area contributed by atoms with Crippen molar-refractivity contribution in [3.05, 3.63) is 80.1 Å². The number of carbonyl (C=O) groups is 1. The number of ether oxygens (including phenoxy) is 1. The summed E-state index contributed by atoms with van der Waals surface area (Å²) in [6.07, 6.45) is 13.4. The minimum Gasteiger partial charge on any atom is -0.381 e. The number of alkyl halides is 1. The van der Waals surface area contributed by atoms with Gasteiger partial charge in [0.05, 0.1) is 16.4 Å². The van der Waals surface area contributed by atoms with Crippen LogP contribution in [-0.4, -0.2) is 35.3 Å². The van der Waals surface area contributed by atoms with Gasteiger partial charge in [-0.05, 0) is 25.0 Å². The number of rotatable bonds is 20. The quantitative estimate of drug-likeness (QED) is 0.0613. The highest BCUT2D eigenvalue weighted by atomic mass is 35.5. The zero-order chi connectivity index (χ0) is 30.2. The monoisotopic (exact) mass is 599 g/mol. The van der Waals surface area contributed by atoms with E-state index in [1.54, 1.807) is 24.3 Å². The van der Waals surface area contributed by atoms with E-state index in [0.717, 1.165) is 17.2 Å².